The van der Waals surface area contributed by atoms with Gasteiger partial charge in [0.05, 0.1) is 19.8 Å². The van der Waals surface area contributed by atoms with Crippen LogP contribution in [0.3, 0.4) is 0 Å². The van der Waals surface area contributed by atoms with Crippen molar-refractivity contribution in [2.75, 3.05) is 26.8 Å². The van der Waals surface area contributed by atoms with E-state index in [1.165, 1.54) is 0 Å². The molecule has 5 heteroatoms. The number of likely N-dealkylation sites (tertiary alicyclic amines) is 1. The van der Waals surface area contributed by atoms with Gasteiger partial charge < -0.3 is 19.5 Å². The summed E-state index contributed by atoms with van der Waals surface area (Å²) in [6, 6.07) is 5.56. The number of piperidine rings is 1. The van der Waals surface area contributed by atoms with Gasteiger partial charge in [0.15, 0.2) is 11.5 Å². The number of nitrogens with zero attached hydrogens (tertiary/aromatic N) is 1. The number of carbonyl (C=O) groups is 1. The van der Waals surface area contributed by atoms with Crippen LogP contribution < -0.4 is 9.47 Å². The minimum Gasteiger partial charge on any atom is -0.493 e. The SMILES string of the molecule is CCOc1cc(/C=C/C(=O)N2CCC(O)CC2)ccc1OC. The molecule has 0 radical (unpaired) electrons. The molecule has 0 saturated carbocycles. The summed E-state index contributed by atoms with van der Waals surface area (Å²) in [6.07, 6.45) is 4.36. The summed E-state index contributed by atoms with van der Waals surface area (Å²) in [7, 11) is 1.60. The second kappa shape index (κ2) is 7.84. The van der Waals surface area contributed by atoms with Crippen LogP contribution in [0, 0.1) is 0 Å². The van der Waals surface area contributed by atoms with Crippen molar-refractivity contribution >= 4 is 12.0 Å². The molecule has 1 aliphatic rings. The molecule has 1 fully saturated rings. The molecule has 0 unspecified atom stereocenters. The van der Waals surface area contributed by atoms with Gasteiger partial charge in [-0.3, -0.25) is 4.79 Å². The molecule has 22 heavy (non-hydrogen) atoms. The Labute approximate surface area is 131 Å². The van der Waals surface area contributed by atoms with Gasteiger partial charge in [0, 0.05) is 19.2 Å². The summed E-state index contributed by atoms with van der Waals surface area (Å²) >= 11 is 0. The molecule has 1 saturated heterocycles. The van der Waals surface area contributed by atoms with Gasteiger partial charge in [0.2, 0.25) is 5.91 Å². The van der Waals surface area contributed by atoms with Crippen LogP contribution in [0.2, 0.25) is 0 Å². The van der Waals surface area contributed by atoms with E-state index in [2.05, 4.69) is 0 Å². The number of rotatable bonds is 5. The first-order chi connectivity index (χ1) is 10.6. The number of aliphatic hydroxyl groups is 1. The van der Waals surface area contributed by atoms with E-state index in [1.807, 2.05) is 25.1 Å². The van der Waals surface area contributed by atoms with Crippen LogP contribution in [-0.2, 0) is 4.79 Å². The Balaban J connectivity index is 2.03. The fraction of sp³-hybridized carbons (Fsp3) is 0.471. The fourth-order valence-corrected chi connectivity index (χ4v) is 2.42. The molecule has 2 rings (SSSR count). The molecule has 1 aliphatic heterocycles. The topological polar surface area (TPSA) is 59.0 Å². The predicted molar refractivity (Wildman–Crippen MR) is 85.0 cm³/mol. The van der Waals surface area contributed by atoms with Crippen molar-refractivity contribution < 1.29 is 19.4 Å². The number of methoxy groups -OCH3 is 1. The Hall–Kier alpha value is -2.01. The number of hydrogen-bond donors (Lipinski definition) is 1. The second-order valence-corrected chi connectivity index (χ2v) is 5.23. The zero-order valence-electron chi connectivity index (χ0n) is 13.1. The van der Waals surface area contributed by atoms with Crippen LogP contribution in [0.5, 0.6) is 11.5 Å². The molecule has 5 nitrogen and oxygen atoms in total. The monoisotopic (exact) mass is 305 g/mol. The minimum atomic E-state index is -0.275. The summed E-state index contributed by atoms with van der Waals surface area (Å²) in [5, 5.41) is 9.47. The normalized spacial score (nSPS) is 16.0. The highest BCUT2D eigenvalue weighted by Crippen LogP contribution is 2.28. The van der Waals surface area contributed by atoms with Crippen LogP contribution in [0.15, 0.2) is 24.3 Å². The predicted octanol–water partition coefficient (Wildman–Crippen LogP) is 2.09. The largest absolute Gasteiger partial charge is 0.493 e. The molecule has 1 N–H and O–H groups in total. The molecule has 0 aliphatic carbocycles. The van der Waals surface area contributed by atoms with E-state index >= 15 is 0 Å². The fourth-order valence-electron chi connectivity index (χ4n) is 2.42. The number of benzene rings is 1. The minimum absolute atomic E-state index is 0.0272. The van der Waals surface area contributed by atoms with E-state index in [-0.39, 0.29) is 12.0 Å². The van der Waals surface area contributed by atoms with Crippen molar-refractivity contribution in [3.8, 4) is 11.5 Å². The van der Waals surface area contributed by atoms with E-state index in [4.69, 9.17) is 9.47 Å². The van der Waals surface area contributed by atoms with Gasteiger partial charge in [0.1, 0.15) is 0 Å². The maximum atomic E-state index is 12.1. The highest BCUT2D eigenvalue weighted by molar-refractivity contribution is 5.91. The van der Waals surface area contributed by atoms with Crippen LogP contribution in [0.1, 0.15) is 25.3 Å². The molecule has 0 aromatic heterocycles. The summed E-state index contributed by atoms with van der Waals surface area (Å²) in [5.41, 5.74) is 0.884. The van der Waals surface area contributed by atoms with E-state index in [0.717, 1.165) is 5.56 Å². The Morgan fingerprint density at radius 1 is 1.36 bits per heavy atom. The number of carbonyl (C=O) groups excluding carboxylic acids is 1. The number of amides is 1. The van der Waals surface area contributed by atoms with Gasteiger partial charge in [-0.1, -0.05) is 6.07 Å². The lowest BCUT2D eigenvalue weighted by Gasteiger charge is -2.28. The number of hydrogen-bond acceptors (Lipinski definition) is 4. The lowest BCUT2D eigenvalue weighted by Crippen LogP contribution is -2.39. The average Bonchev–Trinajstić information content (AvgIpc) is 2.54. The number of ether oxygens (including phenoxy) is 2. The molecular formula is C17H23NO4. The lowest BCUT2D eigenvalue weighted by atomic mass is 10.1. The quantitative estimate of drug-likeness (QED) is 0.846. The van der Waals surface area contributed by atoms with Crippen molar-refractivity contribution in [2.24, 2.45) is 0 Å². The Morgan fingerprint density at radius 3 is 2.73 bits per heavy atom. The molecule has 1 heterocycles. The van der Waals surface area contributed by atoms with Gasteiger partial charge in [0.25, 0.3) is 0 Å². The third-order valence-electron chi connectivity index (χ3n) is 3.68. The first-order valence-corrected chi connectivity index (χ1v) is 7.60. The van der Waals surface area contributed by atoms with Crippen molar-refractivity contribution in [3.05, 3.63) is 29.8 Å². The summed E-state index contributed by atoms with van der Waals surface area (Å²) < 4.78 is 10.8. The third kappa shape index (κ3) is 4.24. The molecule has 0 spiro atoms. The first kappa shape index (κ1) is 16.4. The molecule has 1 amide bonds. The van der Waals surface area contributed by atoms with Crippen molar-refractivity contribution in [1.29, 1.82) is 0 Å². The maximum absolute atomic E-state index is 12.1. The Bertz CT molecular complexity index is 533. The summed E-state index contributed by atoms with van der Waals surface area (Å²) in [4.78, 5) is 13.9. The Kier molecular flexibility index (Phi) is 5.83. The smallest absolute Gasteiger partial charge is 0.246 e. The van der Waals surface area contributed by atoms with Gasteiger partial charge in [-0.15, -0.1) is 0 Å². The van der Waals surface area contributed by atoms with E-state index < -0.39 is 0 Å². The van der Waals surface area contributed by atoms with Crippen molar-refractivity contribution in [2.45, 2.75) is 25.9 Å². The van der Waals surface area contributed by atoms with Crippen LogP contribution in [-0.4, -0.2) is 48.8 Å². The molecule has 1 aromatic carbocycles. The maximum Gasteiger partial charge on any atom is 0.246 e. The van der Waals surface area contributed by atoms with E-state index in [9.17, 15) is 9.90 Å². The van der Waals surface area contributed by atoms with E-state index in [0.29, 0.717) is 44.0 Å². The molecule has 120 valence electrons. The second-order valence-electron chi connectivity index (χ2n) is 5.23. The van der Waals surface area contributed by atoms with Crippen molar-refractivity contribution in [3.63, 3.8) is 0 Å². The standard InChI is InChI=1S/C17H23NO4/c1-3-22-16-12-13(4-6-15(16)21-2)5-7-17(20)18-10-8-14(19)9-11-18/h4-7,12,14,19H,3,8-11H2,1-2H3/b7-5+. The van der Waals surface area contributed by atoms with Crippen LogP contribution in [0.25, 0.3) is 6.08 Å². The average molecular weight is 305 g/mol. The van der Waals surface area contributed by atoms with Gasteiger partial charge >= 0.3 is 0 Å². The first-order valence-electron chi connectivity index (χ1n) is 7.60. The van der Waals surface area contributed by atoms with Crippen molar-refractivity contribution in [1.82, 2.24) is 4.90 Å². The molecule has 0 bridgehead atoms. The summed E-state index contributed by atoms with van der Waals surface area (Å²) in [5.74, 6) is 1.32. The summed E-state index contributed by atoms with van der Waals surface area (Å²) in [6.45, 7) is 3.68. The van der Waals surface area contributed by atoms with Gasteiger partial charge in [-0.25, -0.2) is 0 Å². The van der Waals surface area contributed by atoms with Crippen LogP contribution >= 0.6 is 0 Å². The van der Waals surface area contributed by atoms with Crippen LogP contribution in [0.4, 0.5) is 0 Å². The van der Waals surface area contributed by atoms with Gasteiger partial charge in [-0.2, -0.15) is 0 Å². The molecule has 0 atom stereocenters. The zero-order valence-corrected chi connectivity index (χ0v) is 13.1. The highest BCUT2D eigenvalue weighted by Gasteiger charge is 2.19. The van der Waals surface area contributed by atoms with Gasteiger partial charge in [-0.05, 0) is 43.5 Å². The highest BCUT2D eigenvalue weighted by atomic mass is 16.5. The lowest BCUT2D eigenvalue weighted by molar-refractivity contribution is -0.127. The Morgan fingerprint density at radius 2 is 2.09 bits per heavy atom. The zero-order chi connectivity index (χ0) is 15.9. The molecular weight excluding hydrogens is 282 g/mol. The molecule has 1 aromatic rings. The van der Waals surface area contributed by atoms with E-state index in [1.54, 1.807) is 24.2 Å². The number of aliphatic hydroxyl groups excluding tert-OH is 1. The third-order valence-corrected chi connectivity index (χ3v) is 3.68.